The zero-order chi connectivity index (χ0) is 21.0. The molecule has 1 fully saturated rings. The van der Waals surface area contributed by atoms with Crippen LogP contribution in [-0.2, 0) is 14.4 Å². The molecule has 0 unspecified atom stereocenters. The molecule has 1 aliphatic heterocycles. The number of amides is 5. The number of carbonyl (C=O) groups is 4. The van der Waals surface area contributed by atoms with Crippen LogP contribution in [0, 0.1) is 5.92 Å². The molecule has 1 aromatic carbocycles. The normalized spacial score (nSPS) is 15.8. The zero-order valence-electron chi connectivity index (χ0n) is 17.2. The summed E-state index contributed by atoms with van der Waals surface area (Å²) in [5, 5.41) is 2.90. The van der Waals surface area contributed by atoms with Crippen LogP contribution >= 0.6 is 0 Å². The molecule has 1 atom stereocenters. The second-order valence-electron chi connectivity index (χ2n) is 7.74. The first-order valence-electron chi connectivity index (χ1n) is 9.73. The Balaban J connectivity index is 2.09. The lowest BCUT2D eigenvalue weighted by Crippen LogP contribution is -2.43. The lowest BCUT2D eigenvalue weighted by molar-refractivity contribution is -0.144. The molecule has 0 aliphatic carbocycles. The van der Waals surface area contributed by atoms with Gasteiger partial charge in [-0.2, -0.15) is 0 Å². The minimum atomic E-state index is -0.948. The summed E-state index contributed by atoms with van der Waals surface area (Å²) in [5.74, 6) is -1.77. The SMILES string of the molecule is CCCN1C(=O)C(=O)N(CC(=O)N[C@@H](c2ccc(C(C)C)cc2)C(C)C)C1=O. The number of carbonyl (C=O) groups excluding carboxylic acids is 4. The van der Waals surface area contributed by atoms with Crippen molar-refractivity contribution in [1.82, 2.24) is 15.1 Å². The van der Waals surface area contributed by atoms with Crippen molar-refractivity contribution in [2.75, 3.05) is 13.1 Å². The van der Waals surface area contributed by atoms with E-state index in [1.165, 1.54) is 5.56 Å². The summed E-state index contributed by atoms with van der Waals surface area (Å²) < 4.78 is 0. The van der Waals surface area contributed by atoms with Gasteiger partial charge in [-0.25, -0.2) is 9.69 Å². The van der Waals surface area contributed by atoms with Crippen molar-refractivity contribution in [3.8, 4) is 0 Å². The monoisotopic (exact) mass is 387 g/mol. The minimum Gasteiger partial charge on any atom is -0.347 e. The number of rotatable bonds is 8. The summed E-state index contributed by atoms with van der Waals surface area (Å²) in [4.78, 5) is 50.4. The van der Waals surface area contributed by atoms with Gasteiger partial charge in [0.1, 0.15) is 6.54 Å². The topological polar surface area (TPSA) is 86.8 Å². The average Bonchev–Trinajstić information content (AvgIpc) is 2.84. The van der Waals surface area contributed by atoms with E-state index < -0.39 is 30.3 Å². The lowest BCUT2D eigenvalue weighted by atomic mass is 9.93. The van der Waals surface area contributed by atoms with Gasteiger partial charge in [0.2, 0.25) is 5.91 Å². The van der Waals surface area contributed by atoms with Gasteiger partial charge in [0, 0.05) is 6.54 Å². The highest BCUT2D eigenvalue weighted by Crippen LogP contribution is 2.24. The predicted molar refractivity (Wildman–Crippen MR) is 105 cm³/mol. The molecule has 0 radical (unpaired) electrons. The Morgan fingerprint density at radius 3 is 1.96 bits per heavy atom. The predicted octanol–water partition coefficient (Wildman–Crippen LogP) is 2.82. The van der Waals surface area contributed by atoms with Crippen molar-refractivity contribution >= 4 is 23.8 Å². The first-order valence-corrected chi connectivity index (χ1v) is 9.73. The molecule has 1 saturated heterocycles. The van der Waals surface area contributed by atoms with Crippen LogP contribution in [0.3, 0.4) is 0 Å². The maximum Gasteiger partial charge on any atom is 0.334 e. The average molecular weight is 387 g/mol. The second-order valence-corrected chi connectivity index (χ2v) is 7.74. The fourth-order valence-electron chi connectivity index (χ4n) is 3.20. The number of nitrogens with zero attached hydrogens (tertiary/aromatic N) is 2. The number of hydrogen-bond donors (Lipinski definition) is 1. The molecule has 1 N–H and O–H groups in total. The molecule has 1 heterocycles. The number of imide groups is 2. The van der Waals surface area contributed by atoms with Gasteiger partial charge in [0.15, 0.2) is 0 Å². The summed E-state index contributed by atoms with van der Waals surface area (Å²) in [6.45, 7) is 9.71. The Morgan fingerprint density at radius 2 is 1.46 bits per heavy atom. The highest BCUT2D eigenvalue weighted by molar-refractivity contribution is 6.45. The third-order valence-electron chi connectivity index (χ3n) is 4.83. The van der Waals surface area contributed by atoms with E-state index in [0.717, 1.165) is 10.5 Å². The second kappa shape index (κ2) is 8.99. The molecule has 28 heavy (non-hydrogen) atoms. The maximum absolute atomic E-state index is 12.5. The van der Waals surface area contributed by atoms with E-state index in [1.54, 1.807) is 6.92 Å². The van der Waals surface area contributed by atoms with E-state index in [4.69, 9.17) is 0 Å². The van der Waals surface area contributed by atoms with Gasteiger partial charge in [-0.15, -0.1) is 0 Å². The quantitative estimate of drug-likeness (QED) is 0.549. The summed E-state index contributed by atoms with van der Waals surface area (Å²) in [6, 6.07) is 7.06. The molecule has 1 aliphatic rings. The molecular weight excluding hydrogens is 358 g/mol. The Bertz CT molecular complexity index is 755. The summed E-state index contributed by atoms with van der Waals surface area (Å²) >= 11 is 0. The van der Waals surface area contributed by atoms with Gasteiger partial charge in [-0.05, 0) is 29.4 Å². The molecule has 7 heteroatoms. The Kier molecular flexibility index (Phi) is 6.94. The van der Waals surface area contributed by atoms with Crippen LogP contribution in [0.4, 0.5) is 4.79 Å². The standard InChI is InChI=1S/C21H29N3O4/c1-6-11-23-19(26)20(27)24(21(23)28)12-17(25)22-18(14(4)5)16-9-7-15(8-10-16)13(2)3/h7-10,13-14,18H,6,11-12H2,1-5H3,(H,22,25)/t18-/m1/s1. The third kappa shape index (κ3) is 4.58. The molecule has 5 amide bonds. The van der Waals surface area contributed by atoms with Crippen molar-refractivity contribution in [3.63, 3.8) is 0 Å². The molecular formula is C21H29N3O4. The number of benzene rings is 1. The van der Waals surface area contributed by atoms with Crippen LogP contribution in [0.2, 0.25) is 0 Å². The molecule has 2 rings (SSSR count). The first kappa shape index (κ1) is 21.6. The van der Waals surface area contributed by atoms with Gasteiger partial charge in [-0.3, -0.25) is 19.3 Å². The lowest BCUT2D eigenvalue weighted by Gasteiger charge is -2.24. The highest BCUT2D eigenvalue weighted by atomic mass is 16.2. The Labute approximate surface area is 166 Å². The smallest absolute Gasteiger partial charge is 0.334 e. The van der Waals surface area contributed by atoms with E-state index in [9.17, 15) is 19.2 Å². The summed E-state index contributed by atoms with van der Waals surface area (Å²) in [5.41, 5.74) is 2.16. The fraction of sp³-hybridized carbons (Fsp3) is 0.524. The Morgan fingerprint density at radius 1 is 0.929 bits per heavy atom. The minimum absolute atomic E-state index is 0.108. The summed E-state index contributed by atoms with van der Waals surface area (Å²) in [7, 11) is 0. The molecule has 0 aromatic heterocycles. The van der Waals surface area contributed by atoms with Crippen molar-refractivity contribution < 1.29 is 19.2 Å². The van der Waals surface area contributed by atoms with Crippen molar-refractivity contribution in [1.29, 1.82) is 0 Å². The number of urea groups is 1. The Hall–Kier alpha value is -2.70. The van der Waals surface area contributed by atoms with Crippen molar-refractivity contribution in [2.24, 2.45) is 5.92 Å². The molecule has 152 valence electrons. The van der Waals surface area contributed by atoms with Crippen LogP contribution in [0.25, 0.3) is 0 Å². The number of nitrogens with one attached hydrogen (secondary N) is 1. The van der Waals surface area contributed by atoms with Crippen LogP contribution in [0.1, 0.15) is 64.1 Å². The largest absolute Gasteiger partial charge is 0.347 e. The van der Waals surface area contributed by atoms with E-state index in [1.807, 2.05) is 38.1 Å². The van der Waals surface area contributed by atoms with Crippen molar-refractivity contribution in [2.45, 2.75) is 53.0 Å². The van der Waals surface area contributed by atoms with Gasteiger partial charge in [0.25, 0.3) is 0 Å². The highest BCUT2D eigenvalue weighted by Gasteiger charge is 2.44. The molecule has 0 saturated carbocycles. The van der Waals surface area contributed by atoms with E-state index in [-0.39, 0.29) is 18.5 Å². The maximum atomic E-state index is 12.5. The number of hydrogen-bond acceptors (Lipinski definition) is 4. The van der Waals surface area contributed by atoms with Gasteiger partial charge < -0.3 is 5.32 Å². The van der Waals surface area contributed by atoms with Crippen LogP contribution in [0.5, 0.6) is 0 Å². The van der Waals surface area contributed by atoms with E-state index in [2.05, 4.69) is 19.2 Å². The fourth-order valence-corrected chi connectivity index (χ4v) is 3.20. The summed E-state index contributed by atoms with van der Waals surface area (Å²) in [6.07, 6.45) is 0.548. The van der Waals surface area contributed by atoms with E-state index >= 15 is 0 Å². The molecule has 7 nitrogen and oxygen atoms in total. The van der Waals surface area contributed by atoms with Crippen LogP contribution < -0.4 is 5.32 Å². The van der Waals surface area contributed by atoms with Gasteiger partial charge in [-0.1, -0.05) is 58.9 Å². The first-order chi connectivity index (χ1) is 13.2. The van der Waals surface area contributed by atoms with Crippen LogP contribution in [-0.4, -0.2) is 46.6 Å². The van der Waals surface area contributed by atoms with Gasteiger partial charge >= 0.3 is 17.8 Å². The molecule has 0 bridgehead atoms. The van der Waals surface area contributed by atoms with Gasteiger partial charge in [0.05, 0.1) is 6.04 Å². The van der Waals surface area contributed by atoms with Crippen molar-refractivity contribution in [3.05, 3.63) is 35.4 Å². The van der Waals surface area contributed by atoms with E-state index in [0.29, 0.717) is 17.2 Å². The third-order valence-corrected chi connectivity index (χ3v) is 4.83. The van der Waals surface area contributed by atoms with Crippen LogP contribution in [0.15, 0.2) is 24.3 Å². The molecule has 0 spiro atoms. The zero-order valence-corrected chi connectivity index (χ0v) is 17.2. The molecule has 1 aromatic rings.